The number of amides is 1. The van der Waals surface area contributed by atoms with E-state index in [9.17, 15) is 14.4 Å². The van der Waals surface area contributed by atoms with Crippen LogP contribution in [0.4, 0.5) is 0 Å². The van der Waals surface area contributed by atoms with Crippen LogP contribution in [0.2, 0.25) is 0 Å². The van der Waals surface area contributed by atoms with Gasteiger partial charge in [-0.25, -0.2) is 9.59 Å². The Hall–Kier alpha value is -4.59. The van der Waals surface area contributed by atoms with Crippen LogP contribution in [-0.2, 0) is 37.1 Å². The SMILES string of the molecule is CCOC(=O)COc1ccc(/C=C(\NC(C)=O)C(=O)OCc2ccccc2)cc1OCc1ccccc1. The molecule has 0 unspecified atom stereocenters. The molecule has 0 atom stereocenters. The number of carbonyl (C=O) groups excluding carboxylic acids is 3. The Morgan fingerprint density at radius 3 is 2.05 bits per heavy atom. The fourth-order valence-electron chi connectivity index (χ4n) is 3.22. The van der Waals surface area contributed by atoms with Gasteiger partial charge in [0.05, 0.1) is 6.61 Å². The van der Waals surface area contributed by atoms with Gasteiger partial charge in [-0.1, -0.05) is 66.7 Å². The van der Waals surface area contributed by atoms with E-state index >= 15 is 0 Å². The zero-order valence-electron chi connectivity index (χ0n) is 20.8. The minimum absolute atomic E-state index is 0.0300. The topological polar surface area (TPSA) is 100 Å². The molecule has 0 radical (unpaired) electrons. The molecule has 0 bridgehead atoms. The molecule has 0 spiro atoms. The number of benzene rings is 3. The highest BCUT2D eigenvalue weighted by Crippen LogP contribution is 2.30. The first-order valence-corrected chi connectivity index (χ1v) is 11.7. The molecule has 0 aliphatic carbocycles. The van der Waals surface area contributed by atoms with E-state index in [2.05, 4.69) is 5.32 Å². The Morgan fingerprint density at radius 1 is 0.784 bits per heavy atom. The zero-order chi connectivity index (χ0) is 26.5. The molecular weight excluding hydrogens is 474 g/mol. The largest absolute Gasteiger partial charge is 0.485 e. The van der Waals surface area contributed by atoms with Gasteiger partial charge in [0.15, 0.2) is 18.1 Å². The van der Waals surface area contributed by atoms with Crippen LogP contribution in [-0.4, -0.2) is 31.1 Å². The van der Waals surface area contributed by atoms with Crippen molar-refractivity contribution in [3.8, 4) is 11.5 Å². The summed E-state index contributed by atoms with van der Waals surface area (Å²) in [6.45, 7) is 3.29. The molecule has 37 heavy (non-hydrogen) atoms. The average molecular weight is 504 g/mol. The summed E-state index contributed by atoms with van der Waals surface area (Å²) in [5.41, 5.74) is 2.27. The Balaban J connectivity index is 1.83. The molecule has 192 valence electrons. The number of esters is 2. The second-order valence-corrected chi connectivity index (χ2v) is 7.88. The molecule has 0 heterocycles. The van der Waals surface area contributed by atoms with Gasteiger partial charge >= 0.3 is 11.9 Å². The maximum Gasteiger partial charge on any atom is 0.355 e. The van der Waals surface area contributed by atoms with Crippen molar-refractivity contribution in [2.24, 2.45) is 0 Å². The van der Waals surface area contributed by atoms with Crippen molar-refractivity contribution in [3.05, 3.63) is 101 Å². The minimum Gasteiger partial charge on any atom is -0.485 e. The van der Waals surface area contributed by atoms with Crippen LogP contribution in [0, 0.1) is 0 Å². The van der Waals surface area contributed by atoms with Crippen molar-refractivity contribution in [1.29, 1.82) is 0 Å². The van der Waals surface area contributed by atoms with Crippen molar-refractivity contribution in [2.75, 3.05) is 13.2 Å². The lowest BCUT2D eigenvalue weighted by Gasteiger charge is -2.14. The van der Waals surface area contributed by atoms with E-state index in [1.165, 1.54) is 13.0 Å². The number of ether oxygens (including phenoxy) is 4. The molecule has 0 aromatic heterocycles. The van der Waals surface area contributed by atoms with Gasteiger partial charge in [0.1, 0.15) is 18.9 Å². The summed E-state index contributed by atoms with van der Waals surface area (Å²) < 4.78 is 21.9. The zero-order valence-corrected chi connectivity index (χ0v) is 20.8. The molecule has 8 nitrogen and oxygen atoms in total. The van der Waals surface area contributed by atoms with Crippen LogP contribution in [0.25, 0.3) is 6.08 Å². The molecule has 8 heteroatoms. The van der Waals surface area contributed by atoms with Crippen molar-refractivity contribution >= 4 is 23.9 Å². The van der Waals surface area contributed by atoms with E-state index in [0.29, 0.717) is 17.1 Å². The van der Waals surface area contributed by atoms with Crippen LogP contribution in [0.5, 0.6) is 11.5 Å². The van der Waals surface area contributed by atoms with Crippen LogP contribution >= 0.6 is 0 Å². The number of nitrogens with one attached hydrogen (secondary N) is 1. The van der Waals surface area contributed by atoms with E-state index in [0.717, 1.165) is 11.1 Å². The molecule has 0 fully saturated rings. The van der Waals surface area contributed by atoms with Gasteiger partial charge in [-0.05, 0) is 41.8 Å². The first-order chi connectivity index (χ1) is 17.9. The van der Waals surface area contributed by atoms with E-state index in [1.54, 1.807) is 25.1 Å². The Morgan fingerprint density at radius 2 is 1.43 bits per heavy atom. The van der Waals surface area contributed by atoms with Crippen LogP contribution in [0.3, 0.4) is 0 Å². The number of hydrogen-bond acceptors (Lipinski definition) is 7. The lowest BCUT2D eigenvalue weighted by Crippen LogP contribution is -2.26. The number of hydrogen-bond donors (Lipinski definition) is 1. The van der Waals surface area contributed by atoms with Crippen molar-refractivity contribution < 1.29 is 33.3 Å². The van der Waals surface area contributed by atoms with Crippen LogP contribution in [0.15, 0.2) is 84.6 Å². The quantitative estimate of drug-likeness (QED) is 0.288. The van der Waals surface area contributed by atoms with Crippen molar-refractivity contribution in [2.45, 2.75) is 27.1 Å². The molecule has 0 aliphatic rings. The first kappa shape index (κ1) is 27.0. The lowest BCUT2D eigenvalue weighted by molar-refractivity contribution is -0.145. The molecular formula is C29H29NO7. The summed E-state index contributed by atoms with van der Waals surface area (Å²) in [6.07, 6.45) is 1.49. The molecule has 3 rings (SSSR count). The Kier molecular flexibility index (Phi) is 10.3. The highest BCUT2D eigenvalue weighted by Gasteiger charge is 2.15. The fourth-order valence-corrected chi connectivity index (χ4v) is 3.22. The molecule has 0 aliphatic heterocycles. The van der Waals surface area contributed by atoms with Crippen LogP contribution < -0.4 is 14.8 Å². The normalized spacial score (nSPS) is 10.8. The van der Waals surface area contributed by atoms with E-state index in [4.69, 9.17) is 18.9 Å². The maximum atomic E-state index is 12.7. The molecule has 0 saturated carbocycles. The molecule has 0 saturated heterocycles. The Labute approximate surface area is 215 Å². The number of carbonyl (C=O) groups is 3. The average Bonchev–Trinajstić information content (AvgIpc) is 2.90. The smallest absolute Gasteiger partial charge is 0.355 e. The summed E-state index contributed by atoms with van der Waals surface area (Å²) in [7, 11) is 0. The third-order valence-electron chi connectivity index (χ3n) is 4.91. The number of rotatable bonds is 12. The molecule has 3 aromatic carbocycles. The monoisotopic (exact) mass is 503 g/mol. The van der Waals surface area contributed by atoms with Gasteiger partial charge < -0.3 is 24.3 Å². The van der Waals surface area contributed by atoms with Gasteiger partial charge in [-0.15, -0.1) is 0 Å². The van der Waals surface area contributed by atoms with E-state index in [-0.39, 0.29) is 32.1 Å². The Bertz CT molecular complexity index is 1220. The van der Waals surface area contributed by atoms with Crippen LogP contribution in [0.1, 0.15) is 30.5 Å². The highest BCUT2D eigenvalue weighted by atomic mass is 16.6. The second-order valence-electron chi connectivity index (χ2n) is 7.88. The summed E-state index contributed by atoms with van der Waals surface area (Å²) in [6, 6.07) is 23.7. The van der Waals surface area contributed by atoms with Gasteiger partial charge in [0, 0.05) is 6.92 Å². The van der Waals surface area contributed by atoms with Gasteiger partial charge in [0.2, 0.25) is 5.91 Å². The molecule has 1 amide bonds. The summed E-state index contributed by atoms with van der Waals surface area (Å²) >= 11 is 0. The highest BCUT2D eigenvalue weighted by molar-refractivity contribution is 5.97. The predicted molar refractivity (Wildman–Crippen MR) is 137 cm³/mol. The molecule has 1 N–H and O–H groups in total. The predicted octanol–water partition coefficient (Wildman–Crippen LogP) is 4.43. The summed E-state index contributed by atoms with van der Waals surface area (Å²) in [4.78, 5) is 36.3. The molecule has 3 aromatic rings. The summed E-state index contributed by atoms with van der Waals surface area (Å²) in [5.74, 6) is -0.934. The van der Waals surface area contributed by atoms with Gasteiger partial charge in [0.25, 0.3) is 0 Å². The maximum absolute atomic E-state index is 12.7. The fraction of sp³-hybridized carbons (Fsp3) is 0.207. The van der Waals surface area contributed by atoms with Gasteiger partial charge in [-0.2, -0.15) is 0 Å². The van der Waals surface area contributed by atoms with E-state index in [1.807, 2.05) is 60.7 Å². The third kappa shape index (κ3) is 9.18. The van der Waals surface area contributed by atoms with Crippen molar-refractivity contribution in [1.82, 2.24) is 5.32 Å². The lowest BCUT2D eigenvalue weighted by atomic mass is 10.1. The van der Waals surface area contributed by atoms with E-state index < -0.39 is 17.8 Å². The second kappa shape index (κ2) is 14.1. The minimum atomic E-state index is -0.687. The van der Waals surface area contributed by atoms with Gasteiger partial charge in [-0.3, -0.25) is 4.79 Å². The first-order valence-electron chi connectivity index (χ1n) is 11.7. The third-order valence-corrected chi connectivity index (χ3v) is 4.91. The van der Waals surface area contributed by atoms with Crippen molar-refractivity contribution in [3.63, 3.8) is 0 Å². The summed E-state index contributed by atoms with van der Waals surface area (Å²) in [5, 5.41) is 2.52. The standard InChI is InChI=1S/C29H29NO7/c1-3-34-28(32)20-36-26-15-14-24(17-27(26)35-18-22-10-6-4-7-11-22)16-25(30-21(2)31)29(33)37-19-23-12-8-5-9-13-23/h4-17H,3,18-20H2,1-2H3,(H,30,31)/b25-16-.